The summed E-state index contributed by atoms with van der Waals surface area (Å²) >= 11 is 0. The molecule has 0 aromatic rings. The molecule has 6 heteroatoms. The molecule has 0 bridgehead atoms. The summed E-state index contributed by atoms with van der Waals surface area (Å²) in [7, 11) is -2.32. The molecular formula is C15H28F2O3Si. The maximum absolute atomic E-state index is 13.9. The third-order valence-electron chi connectivity index (χ3n) is 4.23. The van der Waals surface area contributed by atoms with E-state index in [0.717, 1.165) is 0 Å². The fraction of sp³-hybridized carbons (Fsp3) is 0.867. The highest BCUT2D eigenvalue weighted by Crippen LogP contribution is 2.41. The van der Waals surface area contributed by atoms with E-state index in [-0.39, 0.29) is 16.6 Å². The number of halogens is 2. The van der Waals surface area contributed by atoms with Crippen molar-refractivity contribution >= 4 is 8.07 Å². The minimum absolute atomic E-state index is 0.195. The number of aliphatic hydroxyl groups excluding tert-OH is 3. The lowest BCUT2D eigenvalue weighted by atomic mass is 10.1. The Morgan fingerprint density at radius 1 is 0.952 bits per heavy atom. The third-order valence-corrected chi connectivity index (χ3v) is 10.5. The summed E-state index contributed by atoms with van der Waals surface area (Å²) in [6.45, 7) is 11.1. The Morgan fingerprint density at radius 2 is 1.33 bits per heavy atom. The van der Waals surface area contributed by atoms with Crippen LogP contribution in [0.4, 0.5) is 8.78 Å². The average molecular weight is 322 g/mol. The highest BCUT2D eigenvalue weighted by atomic mass is 28.3. The molecule has 0 aromatic heterocycles. The van der Waals surface area contributed by atoms with E-state index in [2.05, 4.69) is 5.54 Å². The second-order valence-electron chi connectivity index (χ2n) is 6.46. The maximum atomic E-state index is 13.9. The van der Waals surface area contributed by atoms with Gasteiger partial charge in [0.05, 0.1) is 6.61 Å². The van der Waals surface area contributed by atoms with Crippen LogP contribution in [0.25, 0.3) is 0 Å². The van der Waals surface area contributed by atoms with Crippen LogP contribution in [0, 0.1) is 11.5 Å². The van der Waals surface area contributed by atoms with Gasteiger partial charge in [-0.3, -0.25) is 0 Å². The van der Waals surface area contributed by atoms with E-state index in [1.54, 1.807) is 0 Å². The van der Waals surface area contributed by atoms with Crippen molar-refractivity contribution in [3.05, 3.63) is 0 Å². The molecule has 2 atom stereocenters. The van der Waals surface area contributed by atoms with Gasteiger partial charge in [0.2, 0.25) is 0 Å². The van der Waals surface area contributed by atoms with Crippen LogP contribution in [-0.2, 0) is 0 Å². The molecule has 0 unspecified atom stereocenters. The first-order valence-corrected chi connectivity index (χ1v) is 9.55. The molecule has 0 aromatic carbocycles. The van der Waals surface area contributed by atoms with Crippen molar-refractivity contribution in [1.82, 2.24) is 0 Å². The number of rotatable bonds is 6. The Balaban J connectivity index is 5.67. The molecule has 0 saturated heterocycles. The highest BCUT2D eigenvalue weighted by Gasteiger charge is 2.45. The van der Waals surface area contributed by atoms with Crippen LogP contribution in [0.5, 0.6) is 0 Å². The van der Waals surface area contributed by atoms with E-state index in [1.807, 2.05) is 47.5 Å². The average Bonchev–Trinajstić information content (AvgIpc) is 2.36. The molecule has 0 saturated carbocycles. The van der Waals surface area contributed by atoms with Crippen LogP contribution < -0.4 is 0 Å². The summed E-state index contributed by atoms with van der Waals surface area (Å²) in [6.07, 6.45) is -4.28. The van der Waals surface area contributed by atoms with Crippen LogP contribution in [0.15, 0.2) is 0 Å². The van der Waals surface area contributed by atoms with E-state index in [4.69, 9.17) is 5.11 Å². The maximum Gasteiger partial charge on any atom is 0.335 e. The van der Waals surface area contributed by atoms with Crippen LogP contribution >= 0.6 is 0 Å². The van der Waals surface area contributed by atoms with Crippen LogP contribution in [0.2, 0.25) is 16.6 Å². The normalized spacial score (nSPS) is 16.1. The molecule has 0 heterocycles. The molecule has 21 heavy (non-hydrogen) atoms. The van der Waals surface area contributed by atoms with Gasteiger partial charge in [-0.25, -0.2) is 0 Å². The van der Waals surface area contributed by atoms with Gasteiger partial charge in [0.1, 0.15) is 14.2 Å². The molecule has 0 spiro atoms. The lowest BCUT2D eigenvalue weighted by Crippen LogP contribution is -2.46. The molecule has 0 aliphatic carbocycles. The zero-order valence-electron chi connectivity index (χ0n) is 13.7. The summed E-state index contributed by atoms with van der Waals surface area (Å²) in [5.74, 6) is -1.82. The molecular weight excluding hydrogens is 294 g/mol. The van der Waals surface area contributed by atoms with Crippen molar-refractivity contribution in [3.8, 4) is 11.5 Å². The van der Waals surface area contributed by atoms with Crippen LogP contribution in [-0.4, -0.2) is 48.1 Å². The minimum atomic E-state index is -3.74. The van der Waals surface area contributed by atoms with E-state index in [1.165, 1.54) is 0 Å². The second-order valence-corrected chi connectivity index (χ2v) is 12.0. The topological polar surface area (TPSA) is 60.7 Å². The number of hydrogen-bond acceptors (Lipinski definition) is 3. The SMILES string of the molecule is CC(C)[Si](C#CC(F)(F)[C@@H](O)[C@H](O)CO)(C(C)C)C(C)C. The molecule has 3 N–H and O–H groups in total. The number of aliphatic hydroxyl groups is 3. The predicted molar refractivity (Wildman–Crippen MR) is 82.9 cm³/mol. The monoisotopic (exact) mass is 322 g/mol. The van der Waals surface area contributed by atoms with Crippen molar-refractivity contribution in [3.63, 3.8) is 0 Å². The van der Waals surface area contributed by atoms with Crippen LogP contribution in [0.3, 0.4) is 0 Å². The van der Waals surface area contributed by atoms with Crippen molar-refractivity contribution in [2.24, 2.45) is 0 Å². The fourth-order valence-corrected chi connectivity index (χ4v) is 8.29. The largest absolute Gasteiger partial charge is 0.394 e. The Morgan fingerprint density at radius 3 is 1.62 bits per heavy atom. The van der Waals surface area contributed by atoms with Gasteiger partial charge in [-0.1, -0.05) is 41.5 Å². The fourth-order valence-electron chi connectivity index (χ4n) is 3.04. The van der Waals surface area contributed by atoms with E-state index in [0.29, 0.717) is 0 Å². The highest BCUT2D eigenvalue weighted by molar-refractivity contribution is 6.90. The predicted octanol–water partition coefficient (Wildman–Crippen LogP) is 2.56. The van der Waals surface area contributed by atoms with Gasteiger partial charge in [-0.2, -0.15) is 8.78 Å². The first-order valence-electron chi connectivity index (χ1n) is 7.32. The first-order chi connectivity index (χ1) is 9.43. The Kier molecular flexibility index (Phi) is 7.50. The lowest BCUT2D eigenvalue weighted by Gasteiger charge is -2.38. The van der Waals surface area contributed by atoms with Crippen molar-refractivity contribution < 1.29 is 24.1 Å². The van der Waals surface area contributed by atoms with Crippen LogP contribution in [0.1, 0.15) is 41.5 Å². The van der Waals surface area contributed by atoms with Gasteiger partial charge in [-0.05, 0) is 22.5 Å². The standard InChI is InChI=1S/C15H28F2O3Si/c1-10(2)21(11(3)4,12(5)6)8-7-15(16,17)14(20)13(19)9-18/h10-14,18-20H,9H2,1-6H3/t13-,14+/m1/s1. The molecule has 0 radical (unpaired) electrons. The zero-order chi connectivity index (χ0) is 17.0. The molecule has 0 amide bonds. The summed E-state index contributed by atoms with van der Waals surface area (Å²) < 4.78 is 27.8. The first kappa shape index (κ1) is 20.5. The molecule has 0 rings (SSSR count). The van der Waals surface area contributed by atoms with Gasteiger partial charge >= 0.3 is 5.92 Å². The summed E-state index contributed by atoms with van der Waals surface area (Å²) in [5.41, 5.74) is 3.40. The molecule has 3 nitrogen and oxygen atoms in total. The van der Waals surface area contributed by atoms with E-state index >= 15 is 0 Å². The molecule has 0 aliphatic rings. The van der Waals surface area contributed by atoms with Gasteiger partial charge in [0.15, 0.2) is 6.10 Å². The van der Waals surface area contributed by atoms with E-state index < -0.39 is 32.8 Å². The molecule has 0 fully saturated rings. The summed E-state index contributed by atoms with van der Waals surface area (Å²) in [5, 5.41) is 27.3. The zero-order valence-corrected chi connectivity index (χ0v) is 14.7. The van der Waals surface area contributed by atoms with Gasteiger partial charge in [-0.15, -0.1) is 5.54 Å². The quantitative estimate of drug-likeness (QED) is 0.520. The summed E-state index contributed by atoms with van der Waals surface area (Å²) in [4.78, 5) is 0. The minimum Gasteiger partial charge on any atom is -0.394 e. The number of hydrogen-bond donors (Lipinski definition) is 3. The van der Waals surface area contributed by atoms with E-state index in [9.17, 15) is 19.0 Å². The number of alkyl halides is 2. The van der Waals surface area contributed by atoms with Crippen molar-refractivity contribution in [1.29, 1.82) is 0 Å². The molecule has 124 valence electrons. The Labute approximate surface area is 127 Å². The smallest absolute Gasteiger partial charge is 0.335 e. The Hall–Kier alpha value is -0.483. The van der Waals surface area contributed by atoms with Crippen molar-refractivity contribution in [2.75, 3.05) is 6.61 Å². The Bertz CT molecular complexity index is 364. The van der Waals surface area contributed by atoms with Crippen molar-refractivity contribution in [2.45, 2.75) is 76.3 Å². The van der Waals surface area contributed by atoms with Gasteiger partial charge in [0.25, 0.3) is 0 Å². The van der Waals surface area contributed by atoms with Gasteiger partial charge in [0, 0.05) is 0 Å². The summed E-state index contributed by atoms with van der Waals surface area (Å²) in [6, 6.07) is 0. The third kappa shape index (κ3) is 4.49. The molecule has 0 aliphatic heterocycles. The second kappa shape index (κ2) is 7.68. The lowest BCUT2D eigenvalue weighted by molar-refractivity contribution is -0.127. The van der Waals surface area contributed by atoms with Gasteiger partial charge < -0.3 is 15.3 Å².